The largest absolute Gasteiger partial charge is 0.327 e. The van der Waals surface area contributed by atoms with Gasteiger partial charge in [-0.25, -0.2) is 0 Å². The van der Waals surface area contributed by atoms with Crippen molar-refractivity contribution in [3.63, 3.8) is 0 Å². The Morgan fingerprint density at radius 1 is 0.889 bits per heavy atom. The summed E-state index contributed by atoms with van der Waals surface area (Å²) in [6.45, 7) is 7.71. The molecule has 0 aromatic carbocycles. The predicted octanol–water partition coefficient (Wildman–Crippen LogP) is 1.14. The Labute approximate surface area is 111 Å². The van der Waals surface area contributed by atoms with Crippen LogP contribution in [0.3, 0.4) is 0 Å². The summed E-state index contributed by atoms with van der Waals surface area (Å²) in [5.41, 5.74) is 7.19. The summed E-state index contributed by atoms with van der Waals surface area (Å²) >= 11 is 0. The molecule has 4 bridgehead atoms. The van der Waals surface area contributed by atoms with Crippen molar-refractivity contribution in [1.82, 2.24) is 9.80 Å². The molecule has 5 aliphatic rings. The Kier molecular flexibility index (Phi) is 2.72. The Morgan fingerprint density at radius 2 is 1.50 bits per heavy atom. The van der Waals surface area contributed by atoms with E-state index in [9.17, 15) is 0 Å². The summed E-state index contributed by atoms with van der Waals surface area (Å²) < 4.78 is 0. The molecule has 18 heavy (non-hydrogen) atoms. The third kappa shape index (κ3) is 1.60. The zero-order valence-corrected chi connectivity index (χ0v) is 11.5. The Hall–Kier alpha value is -0.120. The van der Waals surface area contributed by atoms with Gasteiger partial charge in [-0.2, -0.15) is 0 Å². The van der Waals surface area contributed by atoms with Gasteiger partial charge >= 0.3 is 0 Å². The van der Waals surface area contributed by atoms with Crippen LogP contribution in [0, 0.1) is 17.3 Å². The molecule has 3 nitrogen and oxygen atoms in total. The summed E-state index contributed by atoms with van der Waals surface area (Å²) in [6.07, 6.45) is 7.25. The molecule has 0 amide bonds. The van der Waals surface area contributed by atoms with Crippen LogP contribution >= 0.6 is 0 Å². The molecule has 1 saturated carbocycles. The van der Waals surface area contributed by atoms with Gasteiger partial charge in [0.05, 0.1) is 0 Å². The highest BCUT2D eigenvalue weighted by Crippen LogP contribution is 2.49. The van der Waals surface area contributed by atoms with E-state index in [1.54, 1.807) is 0 Å². The molecule has 0 aromatic rings. The van der Waals surface area contributed by atoms with E-state index in [1.807, 2.05) is 0 Å². The Bertz CT molecular complexity index is 308. The first-order valence-electron chi connectivity index (χ1n) is 7.98. The van der Waals surface area contributed by atoms with Gasteiger partial charge in [0.1, 0.15) is 0 Å². The van der Waals surface area contributed by atoms with E-state index in [0.29, 0.717) is 11.5 Å². The van der Waals surface area contributed by atoms with Crippen molar-refractivity contribution in [2.24, 2.45) is 23.0 Å². The van der Waals surface area contributed by atoms with E-state index < -0.39 is 0 Å². The van der Waals surface area contributed by atoms with Crippen LogP contribution in [0.5, 0.6) is 0 Å². The van der Waals surface area contributed by atoms with Crippen molar-refractivity contribution in [2.45, 2.75) is 38.1 Å². The molecule has 4 heterocycles. The quantitative estimate of drug-likeness (QED) is 0.756. The Morgan fingerprint density at radius 3 is 2.11 bits per heavy atom. The number of hydrogen-bond donors (Lipinski definition) is 1. The monoisotopic (exact) mass is 249 g/mol. The second-order valence-electron chi connectivity index (χ2n) is 7.32. The topological polar surface area (TPSA) is 32.5 Å². The van der Waals surface area contributed by atoms with Crippen molar-refractivity contribution in [2.75, 3.05) is 39.3 Å². The van der Waals surface area contributed by atoms with Crippen LogP contribution in [-0.4, -0.2) is 55.1 Å². The lowest BCUT2D eigenvalue weighted by atomic mass is 9.58. The summed E-state index contributed by atoms with van der Waals surface area (Å²) in [5, 5.41) is 0. The fraction of sp³-hybridized carbons (Fsp3) is 1.00. The van der Waals surface area contributed by atoms with E-state index in [-0.39, 0.29) is 0 Å². The highest BCUT2D eigenvalue weighted by atomic mass is 15.3. The maximum Gasteiger partial charge on any atom is 0.0176 e. The van der Waals surface area contributed by atoms with E-state index >= 15 is 0 Å². The molecule has 3 atom stereocenters. The standard InChI is InChI=1S/C15H27N3/c16-14-12-8-17-6-7-18(9-12)11-15(14,10-17)13-4-2-1-3-5-13/h12-14H,1-11,16H2. The van der Waals surface area contributed by atoms with Gasteiger partial charge in [-0.3, -0.25) is 0 Å². The molecule has 1 aliphatic carbocycles. The molecule has 2 N–H and O–H groups in total. The van der Waals surface area contributed by atoms with Crippen LogP contribution in [-0.2, 0) is 0 Å². The van der Waals surface area contributed by atoms with Crippen LogP contribution in [0.4, 0.5) is 0 Å². The SMILES string of the molecule is NC1C2CN3CCN(C2)CC1(C1CCCCC1)C3. The number of nitrogens with zero attached hydrogens (tertiary/aromatic N) is 2. The van der Waals surface area contributed by atoms with Crippen LogP contribution < -0.4 is 5.73 Å². The minimum Gasteiger partial charge on any atom is -0.327 e. The average molecular weight is 249 g/mol. The van der Waals surface area contributed by atoms with E-state index in [4.69, 9.17) is 5.73 Å². The fourth-order valence-corrected chi connectivity index (χ4v) is 5.47. The van der Waals surface area contributed by atoms with Crippen LogP contribution in [0.25, 0.3) is 0 Å². The maximum absolute atomic E-state index is 6.75. The molecule has 5 fully saturated rings. The van der Waals surface area contributed by atoms with E-state index in [2.05, 4.69) is 9.80 Å². The summed E-state index contributed by atoms with van der Waals surface area (Å²) in [7, 11) is 0. The molecule has 102 valence electrons. The van der Waals surface area contributed by atoms with Gasteiger partial charge < -0.3 is 15.5 Å². The minimum atomic E-state index is 0.443. The zero-order chi connectivity index (χ0) is 12.2. The van der Waals surface area contributed by atoms with Gasteiger partial charge in [0.15, 0.2) is 0 Å². The van der Waals surface area contributed by atoms with Gasteiger partial charge in [0, 0.05) is 56.6 Å². The molecular weight excluding hydrogens is 222 g/mol. The van der Waals surface area contributed by atoms with Crippen molar-refractivity contribution in [3.8, 4) is 0 Å². The first-order valence-corrected chi connectivity index (χ1v) is 7.98. The molecular formula is C15H27N3. The van der Waals surface area contributed by atoms with Crippen LogP contribution in [0.15, 0.2) is 0 Å². The van der Waals surface area contributed by atoms with Gasteiger partial charge in [0.2, 0.25) is 0 Å². The first-order chi connectivity index (χ1) is 8.78. The lowest BCUT2D eigenvalue weighted by molar-refractivity contribution is -0.0652. The lowest BCUT2D eigenvalue weighted by Gasteiger charge is -2.58. The van der Waals surface area contributed by atoms with Crippen LogP contribution in [0.1, 0.15) is 32.1 Å². The fourth-order valence-electron chi connectivity index (χ4n) is 5.47. The van der Waals surface area contributed by atoms with Crippen molar-refractivity contribution < 1.29 is 0 Å². The smallest absolute Gasteiger partial charge is 0.0176 e. The second kappa shape index (κ2) is 4.19. The molecule has 4 aliphatic heterocycles. The van der Waals surface area contributed by atoms with E-state index in [0.717, 1.165) is 11.8 Å². The molecule has 0 spiro atoms. The molecule has 4 saturated heterocycles. The third-order valence-corrected chi connectivity index (χ3v) is 6.34. The normalized spacial score (nSPS) is 52.5. The third-order valence-electron chi connectivity index (χ3n) is 6.34. The van der Waals surface area contributed by atoms with E-state index in [1.165, 1.54) is 71.4 Å². The van der Waals surface area contributed by atoms with Crippen molar-refractivity contribution in [1.29, 1.82) is 0 Å². The maximum atomic E-state index is 6.75. The number of hydrogen-bond acceptors (Lipinski definition) is 3. The van der Waals surface area contributed by atoms with Gasteiger partial charge in [0.25, 0.3) is 0 Å². The number of nitrogens with two attached hydrogens (primary N) is 1. The number of rotatable bonds is 1. The molecule has 5 rings (SSSR count). The van der Waals surface area contributed by atoms with Gasteiger partial charge in [-0.1, -0.05) is 19.3 Å². The van der Waals surface area contributed by atoms with Gasteiger partial charge in [-0.05, 0) is 18.8 Å². The predicted molar refractivity (Wildman–Crippen MR) is 73.4 cm³/mol. The number of piperidine rings is 2. The first kappa shape index (κ1) is 11.7. The van der Waals surface area contributed by atoms with Crippen molar-refractivity contribution in [3.05, 3.63) is 0 Å². The molecule has 0 aromatic heterocycles. The Balaban J connectivity index is 1.68. The summed E-state index contributed by atoms with van der Waals surface area (Å²) in [4.78, 5) is 5.46. The second-order valence-corrected chi connectivity index (χ2v) is 7.32. The molecule has 0 radical (unpaired) electrons. The lowest BCUT2D eigenvalue weighted by Crippen LogP contribution is -2.69. The molecule has 3 unspecified atom stereocenters. The van der Waals surface area contributed by atoms with Crippen molar-refractivity contribution >= 4 is 0 Å². The van der Waals surface area contributed by atoms with Gasteiger partial charge in [-0.15, -0.1) is 0 Å². The number of fused-ring (bicyclic) bond motifs is 1. The average Bonchev–Trinajstić information content (AvgIpc) is 2.65. The zero-order valence-electron chi connectivity index (χ0n) is 11.5. The molecule has 3 heteroatoms. The minimum absolute atomic E-state index is 0.443. The summed E-state index contributed by atoms with van der Waals surface area (Å²) in [5.74, 6) is 1.66. The van der Waals surface area contributed by atoms with Crippen LogP contribution in [0.2, 0.25) is 0 Å². The summed E-state index contributed by atoms with van der Waals surface area (Å²) in [6, 6.07) is 0.478. The highest BCUT2D eigenvalue weighted by Gasteiger charge is 2.55. The highest BCUT2D eigenvalue weighted by molar-refractivity contribution is 5.10.